The van der Waals surface area contributed by atoms with Crippen molar-refractivity contribution < 1.29 is 0 Å². The second-order valence-corrected chi connectivity index (χ2v) is 7.31. The number of para-hydroxylation sites is 1. The molecule has 24 heavy (non-hydrogen) atoms. The summed E-state index contributed by atoms with van der Waals surface area (Å²) < 4.78 is 0. The highest BCUT2D eigenvalue weighted by atomic mass is 32.1. The fourth-order valence-electron chi connectivity index (χ4n) is 3.35. The number of hydrogen-bond acceptors (Lipinski definition) is 3. The van der Waals surface area contributed by atoms with Gasteiger partial charge in [0.25, 0.3) is 0 Å². The van der Waals surface area contributed by atoms with Crippen molar-refractivity contribution in [3.8, 4) is 0 Å². The van der Waals surface area contributed by atoms with Crippen LogP contribution in [-0.2, 0) is 0 Å². The van der Waals surface area contributed by atoms with E-state index in [4.69, 9.17) is 0 Å². The molecule has 0 saturated carbocycles. The number of thiophene rings is 1. The Morgan fingerprint density at radius 3 is 2.54 bits per heavy atom. The van der Waals surface area contributed by atoms with E-state index in [1.54, 1.807) is 11.3 Å². The molecule has 0 unspecified atom stereocenters. The van der Waals surface area contributed by atoms with Crippen LogP contribution in [0, 0.1) is 5.92 Å². The number of benzene rings is 1. The minimum absolute atomic E-state index is 0.385. The van der Waals surface area contributed by atoms with E-state index in [-0.39, 0.29) is 0 Å². The van der Waals surface area contributed by atoms with Gasteiger partial charge in [0, 0.05) is 28.2 Å². The first-order valence-corrected chi connectivity index (χ1v) is 9.00. The van der Waals surface area contributed by atoms with Crippen molar-refractivity contribution in [2.45, 2.75) is 13.8 Å². The molecule has 2 aliphatic heterocycles. The summed E-state index contributed by atoms with van der Waals surface area (Å²) in [6.45, 7) is 13.2. The van der Waals surface area contributed by atoms with Crippen molar-refractivity contribution >= 4 is 27.6 Å². The SMILES string of the molecule is C=C1C2=C(C=C(C(C)C)N(c3ccccc3)C2=C)Nc2sccc21. The molecule has 0 fully saturated rings. The normalized spacial score (nSPS) is 16.8. The molecule has 2 aromatic rings. The maximum Gasteiger partial charge on any atom is 0.101 e. The molecular formula is C21H20N2S. The zero-order valence-electron chi connectivity index (χ0n) is 14.0. The predicted octanol–water partition coefficient (Wildman–Crippen LogP) is 6.01. The Hall–Kier alpha value is -2.52. The number of fused-ring (bicyclic) bond motifs is 1. The van der Waals surface area contributed by atoms with Crippen LogP contribution >= 0.6 is 11.3 Å². The molecule has 2 nitrogen and oxygen atoms in total. The summed E-state index contributed by atoms with van der Waals surface area (Å²) in [6.07, 6.45) is 2.25. The monoisotopic (exact) mass is 332 g/mol. The molecule has 1 aromatic carbocycles. The van der Waals surface area contributed by atoms with E-state index >= 15 is 0 Å². The number of nitrogens with one attached hydrogen (secondary N) is 1. The van der Waals surface area contributed by atoms with Crippen molar-refractivity contribution in [3.63, 3.8) is 0 Å². The lowest BCUT2D eigenvalue weighted by molar-refractivity contribution is 0.731. The first-order valence-electron chi connectivity index (χ1n) is 8.12. The molecule has 0 amide bonds. The molecular weight excluding hydrogens is 312 g/mol. The summed E-state index contributed by atoms with van der Waals surface area (Å²) >= 11 is 1.71. The molecule has 4 rings (SSSR count). The van der Waals surface area contributed by atoms with Crippen LogP contribution in [0.1, 0.15) is 19.4 Å². The second kappa shape index (κ2) is 5.53. The quantitative estimate of drug-likeness (QED) is 0.724. The molecule has 1 N–H and O–H groups in total. The summed E-state index contributed by atoms with van der Waals surface area (Å²) in [5, 5.41) is 6.84. The van der Waals surface area contributed by atoms with E-state index in [0.29, 0.717) is 5.92 Å². The van der Waals surface area contributed by atoms with E-state index in [0.717, 1.165) is 28.2 Å². The number of anilines is 2. The van der Waals surface area contributed by atoms with Gasteiger partial charge in [-0.2, -0.15) is 0 Å². The maximum absolute atomic E-state index is 4.43. The van der Waals surface area contributed by atoms with Gasteiger partial charge in [0.1, 0.15) is 5.00 Å². The second-order valence-electron chi connectivity index (χ2n) is 6.40. The van der Waals surface area contributed by atoms with Crippen molar-refractivity contribution in [2.75, 3.05) is 10.2 Å². The number of allylic oxidation sites excluding steroid dienone is 3. The summed E-state index contributed by atoms with van der Waals surface area (Å²) in [7, 11) is 0. The highest BCUT2D eigenvalue weighted by Gasteiger charge is 2.32. The van der Waals surface area contributed by atoms with Crippen molar-refractivity contribution in [2.24, 2.45) is 5.92 Å². The third-order valence-corrected chi connectivity index (χ3v) is 5.35. The van der Waals surface area contributed by atoms with Crippen LogP contribution in [0.15, 0.2) is 83.7 Å². The average molecular weight is 332 g/mol. The van der Waals surface area contributed by atoms with Gasteiger partial charge in [-0.15, -0.1) is 11.3 Å². The molecule has 3 heteroatoms. The Kier molecular flexibility index (Phi) is 3.47. The number of nitrogens with zero attached hydrogens (tertiary/aromatic N) is 1. The van der Waals surface area contributed by atoms with Crippen molar-refractivity contribution in [1.29, 1.82) is 0 Å². The fourth-order valence-corrected chi connectivity index (χ4v) is 4.18. The van der Waals surface area contributed by atoms with Gasteiger partial charge < -0.3 is 10.2 Å². The van der Waals surface area contributed by atoms with Gasteiger partial charge in [0.05, 0.1) is 5.70 Å². The molecule has 0 spiro atoms. The lowest BCUT2D eigenvalue weighted by Gasteiger charge is -2.39. The van der Waals surface area contributed by atoms with E-state index in [1.807, 2.05) is 6.07 Å². The van der Waals surface area contributed by atoms with Gasteiger partial charge in [-0.25, -0.2) is 0 Å². The van der Waals surface area contributed by atoms with E-state index in [2.05, 4.69) is 79.0 Å². The zero-order valence-corrected chi connectivity index (χ0v) is 14.8. The van der Waals surface area contributed by atoms with Crippen LogP contribution in [0.4, 0.5) is 10.7 Å². The lowest BCUT2D eigenvalue weighted by Crippen LogP contribution is -2.31. The van der Waals surface area contributed by atoms with Crippen molar-refractivity contribution in [1.82, 2.24) is 0 Å². The standard InChI is InChI=1S/C21H20N2S/c1-13(2)19-12-18-20(14(3)17-10-11-24-21(17)22-18)15(4)23(19)16-8-6-5-7-9-16/h5-13,22H,3-4H2,1-2H3. The van der Waals surface area contributed by atoms with E-state index < -0.39 is 0 Å². The van der Waals surface area contributed by atoms with Gasteiger partial charge in [0.15, 0.2) is 0 Å². The Labute approximate surface area is 147 Å². The smallest absolute Gasteiger partial charge is 0.101 e. The summed E-state index contributed by atoms with van der Waals surface area (Å²) in [6, 6.07) is 12.5. The molecule has 3 heterocycles. The third-order valence-electron chi connectivity index (χ3n) is 4.52. The van der Waals surface area contributed by atoms with Crippen LogP contribution in [0.25, 0.3) is 5.57 Å². The molecule has 0 aliphatic carbocycles. The Morgan fingerprint density at radius 2 is 1.83 bits per heavy atom. The summed E-state index contributed by atoms with van der Waals surface area (Å²) in [4.78, 5) is 2.26. The molecule has 0 bridgehead atoms. The Balaban J connectivity index is 1.87. The number of rotatable bonds is 2. The summed E-state index contributed by atoms with van der Waals surface area (Å²) in [5.41, 5.74) is 7.80. The minimum Gasteiger partial charge on any atom is -0.346 e. The molecule has 2 aliphatic rings. The third kappa shape index (κ3) is 2.16. The Morgan fingerprint density at radius 1 is 1.08 bits per heavy atom. The highest BCUT2D eigenvalue weighted by molar-refractivity contribution is 7.14. The largest absolute Gasteiger partial charge is 0.346 e. The van der Waals surface area contributed by atoms with Gasteiger partial charge in [-0.1, -0.05) is 45.2 Å². The fraction of sp³-hybridized carbons (Fsp3) is 0.143. The highest BCUT2D eigenvalue weighted by Crippen LogP contribution is 2.47. The van der Waals surface area contributed by atoms with Crippen LogP contribution in [0.2, 0.25) is 0 Å². The predicted molar refractivity (Wildman–Crippen MR) is 105 cm³/mol. The topological polar surface area (TPSA) is 15.3 Å². The van der Waals surface area contributed by atoms with Crippen LogP contribution in [0.3, 0.4) is 0 Å². The van der Waals surface area contributed by atoms with E-state index in [9.17, 15) is 0 Å². The van der Waals surface area contributed by atoms with Gasteiger partial charge in [-0.05, 0) is 41.1 Å². The molecule has 0 saturated heterocycles. The average Bonchev–Trinajstić information content (AvgIpc) is 3.04. The Bertz CT molecular complexity index is 897. The molecule has 1 aromatic heterocycles. The zero-order chi connectivity index (χ0) is 16.8. The van der Waals surface area contributed by atoms with Gasteiger partial charge in [-0.3, -0.25) is 0 Å². The molecule has 0 atom stereocenters. The number of hydrogen-bond donors (Lipinski definition) is 1. The van der Waals surface area contributed by atoms with Crippen LogP contribution in [-0.4, -0.2) is 0 Å². The van der Waals surface area contributed by atoms with Crippen LogP contribution in [0.5, 0.6) is 0 Å². The molecule has 120 valence electrons. The summed E-state index contributed by atoms with van der Waals surface area (Å²) in [5.74, 6) is 0.385. The lowest BCUT2D eigenvalue weighted by atomic mass is 9.88. The first kappa shape index (κ1) is 15.0. The van der Waals surface area contributed by atoms with Crippen molar-refractivity contribution in [3.05, 3.63) is 89.2 Å². The van der Waals surface area contributed by atoms with Gasteiger partial charge in [0.2, 0.25) is 0 Å². The molecule has 0 radical (unpaired) electrons. The maximum atomic E-state index is 4.43. The first-order chi connectivity index (χ1) is 11.6. The van der Waals surface area contributed by atoms with Gasteiger partial charge >= 0.3 is 0 Å². The minimum atomic E-state index is 0.385. The van der Waals surface area contributed by atoms with E-state index in [1.165, 1.54) is 16.3 Å². The van der Waals surface area contributed by atoms with Crippen LogP contribution < -0.4 is 10.2 Å².